The summed E-state index contributed by atoms with van der Waals surface area (Å²) in [6.07, 6.45) is 0. The Morgan fingerprint density at radius 1 is 1.10 bits per heavy atom. The van der Waals surface area contributed by atoms with Gasteiger partial charge in [-0.25, -0.2) is 0 Å². The van der Waals surface area contributed by atoms with E-state index in [2.05, 4.69) is 32.6 Å². The van der Waals surface area contributed by atoms with Crippen LogP contribution in [0.3, 0.4) is 0 Å². The molecule has 0 aliphatic carbocycles. The Morgan fingerprint density at radius 3 is 1.60 bits per heavy atom. The lowest BCUT2D eigenvalue weighted by Gasteiger charge is -2.35. The summed E-state index contributed by atoms with van der Waals surface area (Å²) in [7, 11) is 0. The first-order valence-corrected chi connectivity index (χ1v) is 3.45. The lowest BCUT2D eigenvalue weighted by atomic mass is 9.79. The van der Waals surface area contributed by atoms with Crippen LogP contribution in [0.15, 0.2) is 5.16 Å². The van der Waals surface area contributed by atoms with Gasteiger partial charge in [0.05, 0.1) is 0 Å². The molecule has 0 N–H and O–H groups in total. The minimum atomic E-state index is -0.241. The predicted octanol–water partition coefficient (Wildman–Crippen LogP) is 2.44. The average Bonchev–Trinajstić information content (AvgIpc) is 1.61. The van der Waals surface area contributed by atoms with Crippen LogP contribution in [-0.2, 0) is 4.84 Å². The van der Waals surface area contributed by atoms with E-state index in [0.717, 1.165) is 0 Å². The van der Waals surface area contributed by atoms with Crippen molar-refractivity contribution in [3.05, 3.63) is 0 Å². The molecule has 0 aliphatic heterocycles. The maximum absolute atomic E-state index is 5.11. The standard InChI is InChI=1S/C8H17NO/c1-7(2,3)8(4,5)10-9-6/h6H2,1-5H3. The summed E-state index contributed by atoms with van der Waals surface area (Å²) in [6, 6.07) is 0. The molecule has 0 unspecified atom stereocenters. The van der Waals surface area contributed by atoms with E-state index < -0.39 is 0 Å². The van der Waals surface area contributed by atoms with E-state index in [9.17, 15) is 0 Å². The summed E-state index contributed by atoms with van der Waals surface area (Å²) in [5, 5.41) is 3.42. The second kappa shape index (κ2) is 2.60. The van der Waals surface area contributed by atoms with Gasteiger partial charge in [-0.1, -0.05) is 20.8 Å². The van der Waals surface area contributed by atoms with Gasteiger partial charge in [0, 0.05) is 12.1 Å². The van der Waals surface area contributed by atoms with E-state index in [1.807, 2.05) is 13.8 Å². The number of rotatable bonds is 2. The van der Waals surface area contributed by atoms with Crippen LogP contribution in [0.4, 0.5) is 0 Å². The van der Waals surface area contributed by atoms with E-state index in [1.165, 1.54) is 0 Å². The largest absolute Gasteiger partial charge is 0.390 e. The molecular weight excluding hydrogens is 126 g/mol. The van der Waals surface area contributed by atoms with Crippen LogP contribution in [0.25, 0.3) is 0 Å². The van der Waals surface area contributed by atoms with Crippen LogP contribution in [0, 0.1) is 5.41 Å². The highest BCUT2D eigenvalue weighted by Gasteiger charge is 2.35. The highest BCUT2D eigenvalue weighted by atomic mass is 16.6. The van der Waals surface area contributed by atoms with Crippen LogP contribution in [0.2, 0.25) is 0 Å². The SMILES string of the molecule is C=NOC(C)(C)C(C)(C)C. The second-order valence-corrected chi connectivity index (χ2v) is 3.98. The molecule has 0 spiro atoms. The average molecular weight is 143 g/mol. The topological polar surface area (TPSA) is 21.6 Å². The molecule has 60 valence electrons. The van der Waals surface area contributed by atoms with Gasteiger partial charge in [-0.05, 0) is 13.8 Å². The summed E-state index contributed by atoms with van der Waals surface area (Å²) in [4.78, 5) is 5.11. The molecule has 2 nitrogen and oxygen atoms in total. The Labute approximate surface area is 63.3 Å². The molecule has 0 radical (unpaired) electrons. The third-order valence-electron chi connectivity index (χ3n) is 2.10. The summed E-state index contributed by atoms with van der Waals surface area (Å²) >= 11 is 0. The predicted molar refractivity (Wildman–Crippen MR) is 44.2 cm³/mol. The van der Waals surface area contributed by atoms with Crippen molar-refractivity contribution >= 4 is 6.72 Å². The van der Waals surface area contributed by atoms with Crippen molar-refractivity contribution in [1.82, 2.24) is 0 Å². The number of oxime groups is 1. The maximum Gasteiger partial charge on any atom is 0.136 e. The molecule has 0 aromatic heterocycles. The summed E-state index contributed by atoms with van der Waals surface area (Å²) in [5.41, 5.74) is -0.150. The highest BCUT2D eigenvalue weighted by molar-refractivity contribution is 5.21. The van der Waals surface area contributed by atoms with E-state index in [-0.39, 0.29) is 11.0 Å². The van der Waals surface area contributed by atoms with Gasteiger partial charge >= 0.3 is 0 Å². The fourth-order valence-electron chi connectivity index (χ4n) is 0.298. The first kappa shape index (κ1) is 9.47. The van der Waals surface area contributed by atoms with Crippen molar-refractivity contribution < 1.29 is 4.84 Å². The molecule has 0 aromatic carbocycles. The third-order valence-corrected chi connectivity index (χ3v) is 2.10. The second-order valence-electron chi connectivity index (χ2n) is 3.98. The fourth-order valence-corrected chi connectivity index (χ4v) is 0.298. The Bertz CT molecular complexity index is 122. The Balaban J connectivity index is 4.23. The summed E-state index contributed by atoms with van der Waals surface area (Å²) < 4.78 is 0. The van der Waals surface area contributed by atoms with Gasteiger partial charge in [0.25, 0.3) is 0 Å². The molecule has 10 heavy (non-hydrogen) atoms. The molecule has 0 amide bonds. The zero-order chi connectivity index (χ0) is 8.41. The lowest BCUT2D eigenvalue weighted by Crippen LogP contribution is -2.37. The van der Waals surface area contributed by atoms with Crippen LogP contribution in [0.1, 0.15) is 34.6 Å². The number of hydrogen-bond acceptors (Lipinski definition) is 2. The van der Waals surface area contributed by atoms with Gasteiger partial charge in [0.2, 0.25) is 0 Å². The van der Waals surface area contributed by atoms with E-state index in [1.54, 1.807) is 0 Å². The van der Waals surface area contributed by atoms with E-state index in [0.29, 0.717) is 0 Å². The monoisotopic (exact) mass is 143 g/mol. The van der Waals surface area contributed by atoms with Gasteiger partial charge in [-0.2, -0.15) is 0 Å². The Hall–Kier alpha value is -0.530. The summed E-state index contributed by atoms with van der Waals surface area (Å²) in [6.45, 7) is 13.6. The Morgan fingerprint density at radius 2 is 1.50 bits per heavy atom. The molecule has 0 heterocycles. The third kappa shape index (κ3) is 2.01. The van der Waals surface area contributed by atoms with Gasteiger partial charge < -0.3 is 4.84 Å². The van der Waals surface area contributed by atoms with Crippen LogP contribution >= 0.6 is 0 Å². The molecule has 0 saturated heterocycles. The zero-order valence-electron chi connectivity index (χ0n) is 7.56. The van der Waals surface area contributed by atoms with E-state index >= 15 is 0 Å². The van der Waals surface area contributed by atoms with Crippen LogP contribution < -0.4 is 0 Å². The molecule has 0 aliphatic rings. The molecule has 0 aromatic rings. The normalized spacial score (nSPS) is 12.9. The van der Waals surface area contributed by atoms with E-state index in [4.69, 9.17) is 4.84 Å². The van der Waals surface area contributed by atoms with Gasteiger partial charge in [0.15, 0.2) is 0 Å². The summed E-state index contributed by atoms with van der Waals surface area (Å²) in [5.74, 6) is 0. The molecule has 2 heteroatoms. The van der Waals surface area contributed by atoms with Crippen molar-refractivity contribution in [2.75, 3.05) is 0 Å². The molecule has 0 fully saturated rings. The fraction of sp³-hybridized carbons (Fsp3) is 0.875. The first-order chi connectivity index (χ1) is 4.31. The number of nitrogens with zero attached hydrogens (tertiary/aromatic N) is 1. The molecule has 0 rings (SSSR count). The molecular formula is C8H17NO. The minimum Gasteiger partial charge on any atom is -0.390 e. The maximum atomic E-state index is 5.11. The van der Waals surface area contributed by atoms with Gasteiger partial charge in [0.1, 0.15) is 5.60 Å². The van der Waals surface area contributed by atoms with Crippen molar-refractivity contribution in [2.45, 2.75) is 40.2 Å². The van der Waals surface area contributed by atoms with Gasteiger partial charge in [-0.3, -0.25) is 0 Å². The van der Waals surface area contributed by atoms with Crippen molar-refractivity contribution in [3.8, 4) is 0 Å². The smallest absolute Gasteiger partial charge is 0.136 e. The van der Waals surface area contributed by atoms with Crippen molar-refractivity contribution in [3.63, 3.8) is 0 Å². The van der Waals surface area contributed by atoms with Crippen LogP contribution in [-0.4, -0.2) is 12.3 Å². The number of hydrogen-bond donors (Lipinski definition) is 0. The first-order valence-electron chi connectivity index (χ1n) is 3.45. The zero-order valence-corrected chi connectivity index (χ0v) is 7.56. The molecule has 0 atom stereocenters. The van der Waals surface area contributed by atoms with Crippen molar-refractivity contribution in [2.24, 2.45) is 10.6 Å². The quantitative estimate of drug-likeness (QED) is 0.430. The van der Waals surface area contributed by atoms with Gasteiger partial charge in [-0.15, -0.1) is 5.16 Å². The highest BCUT2D eigenvalue weighted by Crippen LogP contribution is 2.32. The lowest BCUT2D eigenvalue weighted by molar-refractivity contribution is -0.0877. The molecule has 0 saturated carbocycles. The van der Waals surface area contributed by atoms with Crippen molar-refractivity contribution in [1.29, 1.82) is 0 Å². The molecule has 0 bridgehead atoms. The Kier molecular flexibility index (Phi) is 2.47. The minimum absolute atomic E-state index is 0.0915. The van der Waals surface area contributed by atoms with Crippen LogP contribution in [0.5, 0.6) is 0 Å².